The third-order valence-corrected chi connectivity index (χ3v) is 3.33. The molecule has 1 aromatic heterocycles. The molecule has 1 N–H and O–H groups in total. The molecule has 0 bridgehead atoms. The highest BCUT2D eigenvalue weighted by Gasteiger charge is 2.20. The maximum atomic E-state index is 13.3. The first-order chi connectivity index (χ1) is 9.69. The normalized spacial score (nSPS) is 14.3. The van der Waals surface area contributed by atoms with E-state index in [1.165, 1.54) is 31.2 Å². The van der Waals surface area contributed by atoms with E-state index in [2.05, 4.69) is 31.2 Å². The van der Waals surface area contributed by atoms with E-state index >= 15 is 0 Å². The molecule has 1 fully saturated rings. The van der Waals surface area contributed by atoms with Gasteiger partial charge in [-0.1, -0.05) is 15.9 Å². The topological polar surface area (TPSA) is 47.0 Å². The van der Waals surface area contributed by atoms with Crippen LogP contribution < -0.4 is 10.1 Å². The predicted octanol–water partition coefficient (Wildman–Crippen LogP) is 3.42. The molecule has 0 unspecified atom stereocenters. The van der Waals surface area contributed by atoms with Gasteiger partial charge in [0.15, 0.2) is 0 Å². The molecule has 20 heavy (non-hydrogen) atoms. The lowest BCUT2D eigenvalue weighted by atomic mass is 10.3. The summed E-state index contributed by atoms with van der Waals surface area (Å²) >= 11 is 3.22. The molecule has 2 aromatic rings. The van der Waals surface area contributed by atoms with Crippen LogP contribution in [-0.4, -0.2) is 16.0 Å². The lowest BCUT2D eigenvalue weighted by molar-refractivity contribution is 0.451. The van der Waals surface area contributed by atoms with E-state index < -0.39 is 0 Å². The van der Waals surface area contributed by atoms with Gasteiger partial charge in [-0.2, -0.15) is 0 Å². The number of halogens is 2. The standard InChI is InChI=1S/C14H13BrFN3O/c15-9-3-10(16)5-13(4-9)20-14-8-17-6-12(19-14)7-18-11-1-2-11/h3-6,8,11,18H,1-2,7H2. The van der Waals surface area contributed by atoms with Gasteiger partial charge in [0, 0.05) is 29.3 Å². The van der Waals surface area contributed by atoms with Crippen molar-refractivity contribution < 1.29 is 9.13 Å². The number of benzene rings is 1. The van der Waals surface area contributed by atoms with E-state index in [4.69, 9.17) is 4.74 Å². The minimum Gasteiger partial charge on any atom is -0.437 e. The van der Waals surface area contributed by atoms with Crippen molar-refractivity contribution >= 4 is 15.9 Å². The highest BCUT2D eigenvalue weighted by Crippen LogP contribution is 2.24. The second-order valence-electron chi connectivity index (χ2n) is 4.71. The maximum absolute atomic E-state index is 13.3. The van der Waals surface area contributed by atoms with Crippen LogP contribution in [-0.2, 0) is 6.54 Å². The van der Waals surface area contributed by atoms with Crippen molar-refractivity contribution in [2.24, 2.45) is 0 Å². The molecule has 0 amide bonds. The summed E-state index contributed by atoms with van der Waals surface area (Å²) in [6.45, 7) is 0.668. The summed E-state index contributed by atoms with van der Waals surface area (Å²) in [5.41, 5.74) is 0.810. The number of hydrogen-bond acceptors (Lipinski definition) is 4. The smallest absolute Gasteiger partial charge is 0.238 e. The van der Waals surface area contributed by atoms with E-state index in [-0.39, 0.29) is 5.82 Å². The highest BCUT2D eigenvalue weighted by molar-refractivity contribution is 9.10. The van der Waals surface area contributed by atoms with Crippen molar-refractivity contribution in [2.45, 2.75) is 25.4 Å². The zero-order chi connectivity index (χ0) is 13.9. The molecule has 104 valence electrons. The third kappa shape index (κ3) is 3.74. The summed E-state index contributed by atoms with van der Waals surface area (Å²) < 4.78 is 19.4. The Morgan fingerprint density at radius 1 is 1.30 bits per heavy atom. The van der Waals surface area contributed by atoms with Crippen molar-refractivity contribution in [3.8, 4) is 11.6 Å². The summed E-state index contributed by atoms with van der Waals surface area (Å²) in [7, 11) is 0. The fraction of sp³-hybridized carbons (Fsp3) is 0.286. The van der Waals surface area contributed by atoms with Gasteiger partial charge in [0.05, 0.1) is 11.9 Å². The van der Waals surface area contributed by atoms with E-state index in [0.717, 1.165) is 5.69 Å². The molecule has 0 aliphatic heterocycles. The zero-order valence-electron chi connectivity index (χ0n) is 10.6. The third-order valence-electron chi connectivity index (χ3n) is 2.87. The highest BCUT2D eigenvalue weighted by atomic mass is 79.9. The number of aromatic nitrogens is 2. The van der Waals surface area contributed by atoms with Crippen LogP contribution in [0.3, 0.4) is 0 Å². The molecular weight excluding hydrogens is 325 g/mol. The lowest BCUT2D eigenvalue weighted by Gasteiger charge is -2.07. The van der Waals surface area contributed by atoms with E-state index in [1.54, 1.807) is 12.3 Å². The Kier molecular flexibility index (Phi) is 3.93. The molecule has 0 atom stereocenters. The molecule has 0 radical (unpaired) electrons. The Labute approximate surface area is 124 Å². The van der Waals surface area contributed by atoms with Crippen molar-refractivity contribution in [1.82, 2.24) is 15.3 Å². The molecule has 4 nitrogen and oxygen atoms in total. The molecular formula is C14H13BrFN3O. The van der Waals surface area contributed by atoms with Crippen molar-refractivity contribution in [3.63, 3.8) is 0 Å². The maximum Gasteiger partial charge on any atom is 0.238 e. The Morgan fingerprint density at radius 3 is 2.90 bits per heavy atom. The van der Waals surface area contributed by atoms with Crippen LogP contribution in [0.4, 0.5) is 4.39 Å². The summed E-state index contributed by atoms with van der Waals surface area (Å²) in [6.07, 6.45) is 5.66. The van der Waals surface area contributed by atoms with E-state index in [9.17, 15) is 4.39 Å². The quantitative estimate of drug-likeness (QED) is 0.908. The fourth-order valence-electron chi connectivity index (χ4n) is 1.77. The van der Waals surface area contributed by atoms with Gasteiger partial charge in [-0.15, -0.1) is 0 Å². The Bertz CT molecular complexity index is 599. The van der Waals surface area contributed by atoms with Crippen LogP contribution in [0.15, 0.2) is 35.1 Å². The monoisotopic (exact) mass is 337 g/mol. The first kappa shape index (κ1) is 13.5. The molecule has 1 aromatic carbocycles. The Hall–Kier alpha value is -1.53. The number of ether oxygens (including phenoxy) is 1. The second-order valence-corrected chi connectivity index (χ2v) is 5.63. The molecule has 0 saturated heterocycles. The van der Waals surface area contributed by atoms with Gasteiger partial charge < -0.3 is 10.1 Å². The molecule has 0 spiro atoms. The Balaban J connectivity index is 1.70. The van der Waals surface area contributed by atoms with Gasteiger partial charge in [-0.25, -0.2) is 9.37 Å². The average molecular weight is 338 g/mol. The lowest BCUT2D eigenvalue weighted by Crippen LogP contribution is -2.16. The molecule has 6 heteroatoms. The summed E-state index contributed by atoms with van der Waals surface area (Å²) in [5.74, 6) is 0.380. The van der Waals surface area contributed by atoms with E-state index in [1.807, 2.05) is 0 Å². The fourth-order valence-corrected chi connectivity index (χ4v) is 2.21. The number of hydrogen-bond donors (Lipinski definition) is 1. The first-order valence-corrected chi connectivity index (χ1v) is 7.16. The SMILES string of the molecule is Fc1cc(Br)cc(Oc2cncc(CNC3CC3)n2)c1. The van der Waals surface area contributed by atoms with Gasteiger partial charge in [-0.3, -0.25) is 4.98 Å². The van der Waals surface area contributed by atoms with Crippen molar-refractivity contribution in [1.29, 1.82) is 0 Å². The molecule has 1 aliphatic rings. The van der Waals surface area contributed by atoms with Gasteiger partial charge in [-0.05, 0) is 25.0 Å². The van der Waals surface area contributed by atoms with Gasteiger partial charge in [0.1, 0.15) is 11.6 Å². The van der Waals surface area contributed by atoms with Crippen LogP contribution in [0.5, 0.6) is 11.6 Å². The summed E-state index contributed by atoms with van der Waals surface area (Å²) in [5, 5.41) is 3.36. The van der Waals surface area contributed by atoms with Crippen LogP contribution in [0.2, 0.25) is 0 Å². The molecule has 1 heterocycles. The summed E-state index contributed by atoms with van der Waals surface area (Å²) in [4.78, 5) is 8.43. The number of nitrogens with zero attached hydrogens (tertiary/aromatic N) is 2. The molecule has 1 aliphatic carbocycles. The molecule has 1 saturated carbocycles. The van der Waals surface area contributed by atoms with Crippen LogP contribution >= 0.6 is 15.9 Å². The average Bonchev–Trinajstić information content (AvgIpc) is 3.19. The summed E-state index contributed by atoms with van der Waals surface area (Å²) in [6, 6.07) is 4.97. The largest absolute Gasteiger partial charge is 0.437 e. The van der Waals surface area contributed by atoms with Crippen LogP contribution in [0, 0.1) is 5.82 Å². The Morgan fingerprint density at radius 2 is 2.15 bits per heavy atom. The van der Waals surface area contributed by atoms with Crippen molar-refractivity contribution in [3.05, 3.63) is 46.6 Å². The van der Waals surface area contributed by atoms with Crippen molar-refractivity contribution in [2.75, 3.05) is 0 Å². The number of nitrogens with one attached hydrogen (secondary N) is 1. The van der Waals surface area contributed by atoms with Crippen LogP contribution in [0.25, 0.3) is 0 Å². The molecule has 3 rings (SSSR count). The van der Waals surface area contributed by atoms with Gasteiger partial charge >= 0.3 is 0 Å². The van der Waals surface area contributed by atoms with Gasteiger partial charge in [0.25, 0.3) is 0 Å². The number of rotatable bonds is 5. The van der Waals surface area contributed by atoms with E-state index in [0.29, 0.717) is 28.7 Å². The first-order valence-electron chi connectivity index (χ1n) is 6.37. The minimum absolute atomic E-state index is 0.359. The second kappa shape index (κ2) is 5.85. The van der Waals surface area contributed by atoms with Gasteiger partial charge in [0.2, 0.25) is 5.88 Å². The predicted molar refractivity (Wildman–Crippen MR) is 76.1 cm³/mol. The minimum atomic E-state index is -0.367. The van der Waals surface area contributed by atoms with Crippen LogP contribution in [0.1, 0.15) is 18.5 Å². The zero-order valence-corrected chi connectivity index (χ0v) is 12.2.